The topological polar surface area (TPSA) is 55.3 Å². The number of carbonyl (C=O) groups excluding carboxylic acids is 1. The largest absolute Gasteiger partial charge is 0.483 e. The predicted octanol–water partition coefficient (Wildman–Crippen LogP) is 4.80. The number of carbonyl (C=O) groups is 1. The van der Waals surface area contributed by atoms with E-state index in [-0.39, 0.29) is 18.6 Å². The summed E-state index contributed by atoms with van der Waals surface area (Å²) >= 11 is 1.30. The molecule has 0 unspecified atom stereocenters. The Balaban J connectivity index is 1.80. The lowest BCUT2D eigenvalue weighted by Crippen LogP contribution is -2.07. The summed E-state index contributed by atoms with van der Waals surface area (Å²) in [6.07, 6.45) is 5.62. The van der Waals surface area contributed by atoms with Crippen LogP contribution < -0.4 is 4.74 Å². The van der Waals surface area contributed by atoms with E-state index in [0.29, 0.717) is 15.4 Å². The van der Waals surface area contributed by atoms with Crippen molar-refractivity contribution in [1.29, 1.82) is 0 Å². The van der Waals surface area contributed by atoms with Crippen molar-refractivity contribution < 1.29 is 18.3 Å². The van der Waals surface area contributed by atoms with Gasteiger partial charge in [-0.05, 0) is 31.3 Å². The third kappa shape index (κ3) is 3.91. The molecule has 1 aromatic carbocycles. The summed E-state index contributed by atoms with van der Waals surface area (Å²) in [4.78, 5) is 22.2. The minimum atomic E-state index is -1.03. The fraction of sp³-hybridized carbons (Fsp3) is 0.150. The Kier molecular flexibility index (Phi) is 5.79. The first-order valence-electron chi connectivity index (χ1n) is 8.31. The molecule has 3 aromatic rings. The van der Waals surface area contributed by atoms with E-state index in [4.69, 9.17) is 4.74 Å². The third-order valence-electron chi connectivity index (χ3n) is 3.98. The zero-order chi connectivity index (χ0) is 20.3. The van der Waals surface area contributed by atoms with Gasteiger partial charge in [-0.15, -0.1) is 0 Å². The standard InChI is InChI=1S/C20H17F2N3O2S/c1-4-7-25(3)12(2)13-8-16-20(23-9-13)28-18(24-16)11-27-17-6-5-15(21)14(10-26)19(17)22/h4-10H,2,11H2,1,3H3/b7-4-. The molecule has 0 saturated carbocycles. The molecular weight excluding hydrogens is 384 g/mol. The molecule has 0 aliphatic rings. The highest BCUT2D eigenvalue weighted by atomic mass is 32.1. The van der Waals surface area contributed by atoms with E-state index in [2.05, 4.69) is 16.5 Å². The SMILES string of the molecule is C=C(c1cnc2sc(COc3ccc(F)c(C=O)c3F)nc2c1)N(C)/C=C\C. The number of thiazole rings is 1. The Labute approximate surface area is 164 Å². The molecular formula is C20H17F2N3O2S. The molecule has 0 radical (unpaired) electrons. The summed E-state index contributed by atoms with van der Waals surface area (Å²) < 4.78 is 32.8. The number of benzene rings is 1. The Bertz CT molecular complexity index is 1080. The van der Waals surface area contributed by atoms with Gasteiger partial charge >= 0.3 is 0 Å². The molecule has 3 rings (SSSR count). The highest BCUT2D eigenvalue weighted by Gasteiger charge is 2.15. The number of pyridine rings is 1. The van der Waals surface area contributed by atoms with Gasteiger partial charge in [0.15, 0.2) is 17.9 Å². The molecule has 0 bridgehead atoms. The van der Waals surface area contributed by atoms with Crippen molar-refractivity contribution in [3.63, 3.8) is 0 Å². The maximum absolute atomic E-state index is 14.1. The predicted molar refractivity (Wildman–Crippen MR) is 105 cm³/mol. The van der Waals surface area contributed by atoms with Gasteiger partial charge in [0, 0.05) is 24.5 Å². The maximum Gasteiger partial charge on any atom is 0.178 e. The molecule has 0 atom stereocenters. The van der Waals surface area contributed by atoms with E-state index in [9.17, 15) is 13.6 Å². The van der Waals surface area contributed by atoms with E-state index in [0.717, 1.165) is 23.4 Å². The number of aromatic nitrogens is 2. The minimum absolute atomic E-state index is 0.0311. The van der Waals surface area contributed by atoms with E-state index in [1.807, 2.05) is 37.2 Å². The van der Waals surface area contributed by atoms with Crippen LogP contribution in [-0.4, -0.2) is 28.2 Å². The zero-order valence-electron chi connectivity index (χ0n) is 15.3. The minimum Gasteiger partial charge on any atom is -0.483 e. The molecule has 0 N–H and O–H groups in total. The first-order chi connectivity index (χ1) is 13.4. The van der Waals surface area contributed by atoms with Crippen LogP contribution in [0.5, 0.6) is 5.75 Å². The summed E-state index contributed by atoms with van der Waals surface area (Å²) in [5.41, 5.74) is 1.61. The van der Waals surface area contributed by atoms with Crippen LogP contribution in [0.1, 0.15) is 27.9 Å². The Morgan fingerprint density at radius 3 is 2.89 bits per heavy atom. The fourth-order valence-electron chi connectivity index (χ4n) is 2.51. The second-order valence-electron chi connectivity index (χ2n) is 5.88. The molecule has 2 aromatic heterocycles. The molecule has 0 aliphatic heterocycles. The highest BCUT2D eigenvalue weighted by molar-refractivity contribution is 7.18. The maximum atomic E-state index is 14.1. The van der Waals surface area contributed by atoms with Crippen molar-refractivity contribution in [3.05, 3.63) is 71.0 Å². The number of nitrogens with zero attached hydrogens (tertiary/aromatic N) is 3. The quantitative estimate of drug-likeness (QED) is 0.533. The summed E-state index contributed by atoms with van der Waals surface area (Å²) in [6.45, 7) is 5.94. The van der Waals surface area contributed by atoms with Crippen LogP contribution in [0.15, 0.2) is 43.3 Å². The van der Waals surface area contributed by atoms with Gasteiger partial charge in [-0.3, -0.25) is 4.79 Å². The fourth-order valence-corrected chi connectivity index (χ4v) is 3.31. The summed E-state index contributed by atoms with van der Waals surface area (Å²) in [5.74, 6) is -2.17. The second-order valence-corrected chi connectivity index (χ2v) is 6.94. The zero-order valence-corrected chi connectivity index (χ0v) is 16.1. The smallest absolute Gasteiger partial charge is 0.178 e. The summed E-state index contributed by atoms with van der Waals surface area (Å²) in [5, 5.41) is 0.573. The van der Waals surface area contributed by atoms with Crippen LogP contribution in [0.25, 0.3) is 16.0 Å². The molecule has 2 heterocycles. The molecule has 8 heteroatoms. The molecule has 0 aliphatic carbocycles. The van der Waals surface area contributed by atoms with Crippen LogP contribution in [0.2, 0.25) is 0 Å². The molecule has 0 saturated heterocycles. The van der Waals surface area contributed by atoms with Crippen molar-refractivity contribution in [3.8, 4) is 5.75 Å². The lowest BCUT2D eigenvalue weighted by molar-refractivity contribution is 0.111. The number of aldehydes is 1. The third-order valence-corrected chi connectivity index (χ3v) is 4.94. The van der Waals surface area contributed by atoms with Crippen molar-refractivity contribution >= 4 is 33.7 Å². The number of halogens is 2. The number of hydrogen-bond donors (Lipinski definition) is 0. The summed E-state index contributed by atoms with van der Waals surface area (Å²) in [7, 11) is 1.89. The number of rotatable bonds is 7. The van der Waals surface area contributed by atoms with Gasteiger partial charge in [0.1, 0.15) is 27.8 Å². The van der Waals surface area contributed by atoms with Gasteiger partial charge in [0.25, 0.3) is 0 Å². The van der Waals surface area contributed by atoms with Gasteiger partial charge < -0.3 is 9.64 Å². The first kappa shape index (κ1) is 19.6. The van der Waals surface area contributed by atoms with Crippen LogP contribution in [0.3, 0.4) is 0 Å². The molecule has 0 fully saturated rings. The van der Waals surface area contributed by atoms with E-state index >= 15 is 0 Å². The van der Waals surface area contributed by atoms with Gasteiger partial charge in [0.2, 0.25) is 0 Å². The van der Waals surface area contributed by atoms with E-state index in [1.165, 1.54) is 11.3 Å². The first-order valence-corrected chi connectivity index (χ1v) is 9.12. The Hall–Kier alpha value is -3.13. The Morgan fingerprint density at radius 2 is 2.18 bits per heavy atom. The van der Waals surface area contributed by atoms with Crippen LogP contribution in [0.4, 0.5) is 8.78 Å². The van der Waals surface area contributed by atoms with Crippen molar-refractivity contribution in [1.82, 2.24) is 14.9 Å². The van der Waals surface area contributed by atoms with Gasteiger partial charge in [0.05, 0.1) is 5.56 Å². The molecule has 0 spiro atoms. The van der Waals surface area contributed by atoms with E-state index < -0.39 is 17.2 Å². The number of fused-ring (bicyclic) bond motifs is 1. The molecule has 5 nitrogen and oxygen atoms in total. The van der Waals surface area contributed by atoms with Crippen molar-refractivity contribution in [2.75, 3.05) is 7.05 Å². The van der Waals surface area contributed by atoms with Crippen LogP contribution in [0, 0.1) is 11.6 Å². The van der Waals surface area contributed by atoms with Crippen LogP contribution in [-0.2, 0) is 6.61 Å². The lowest BCUT2D eigenvalue weighted by atomic mass is 10.2. The number of hydrogen-bond acceptors (Lipinski definition) is 6. The van der Waals surface area contributed by atoms with Crippen LogP contribution >= 0.6 is 11.3 Å². The average Bonchev–Trinajstić information content (AvgIpc) is 3.09. The lowest BCUT2D eigenvalue weighted by Gasteiger charge is -2.16. The summed E-state index contributed by atoms with van der Waals surface area (Å²) in [6, 6.07) is 4.00. The second kappa shape index (κ2) is 8.26. The van der Waals surface area contributed by atoms with Crippen molar-refractivity contribution in [2.45, 2.75) is 13.5 Å². The molecule has 144 valence electrons. The van der Waals surface area contributed by atoms with E-state index in [1.54, 1.807) is 6.20 Å². The molecule has 0 amide bonds. The van der Waals surface area contributed by atoms with Gasteiger partial charge in [-0.2, -0.15) is 0 Å². The van der Waals surface area contributed by atoms with Crippen molar-refractivity contribution in [2.24, 2.45) is 0 Å². The average molecular weight is 401 g/mol. The monoisotopic (exact) mass is 401 g/mol. The normalized spacial score (nSPS) is 11.1. The Morgan fingerprint density at radius 1 is 1.39 bits per heavy atom. The van der Waals surface area contributed by atoms with Gasteiger partial charge in [-0.1, -0.05) is 24.0 Å². The molecule has 28 heavy (non-hydrogen) atoms. The highest BCUT2D eigenvalue weighted by Crippen LogP contribution is 2.27. The van der Waals surface area contributed by atoms with Gasteiger partial charge in [-0.25, -0.2) is 18.7 Å². The number of ether oxygens (including phenoxy) is 1. The number of allylic oxidation sites excluding steroid dienone is 1.